The van der Waals surface area contributed by atoms with E-state index in [1.165, 1.54) is 0 Å². The fraction of sp³-hybridized carbons (Fsp3) is 0.222. The first-order valence-corrected chi connectivity index (χ1v) is 3.81. The average molecular weight is 164 g/mol. The Morgan fingerprint density at radius 1 is 1.58 bits per heavy atom. The van der Waals surface area contributed by atoms with Crippen LogP contribution in [0.5, 0.6) is 0 Å². The second-order valence-electron chi connectivity index (χ2n) is 2.31. The van der Waals surface area contributed by atoms with Crippen LogP contribution in [0.4, 0.5) is 5.69 Å². The molecule has 1 heterocycles. The number of rotatable bonds is 3. The van der Waals surface area contributed by atoms with Crippen LogP contribution in [0.2, 0.25) is 0 Å². The van der Waals surface area contributed by atoms with E-state index in [-0.39, 0.29) is 0 Å². The number of pyridine rings is 1. The summed E-state index contributed by atoms with van der Waals surface area (Å²) in [6.07, 6.45) is 6.80. The van der Waals surface area contributed by atoms with Crippen molar-refractivity contribution in [2.75, 3.05) is 12.3 Å². The minimum absolute atomic E-state index is 0.661. The zero-order chi connectivity index (χ0) is 8.81. The third-order valence-electron chi connectivity index (χ3n) is 1.30. The third kappa shape index (κ3) is 2.62. The fourth-order valence-electron chi connectivity index (χ4n) is 0.790. The summed E-state index contributed by atoms with van der Waals surface area (Å²) in [7, 11) is 0. The summed E-state index contributed by atoms with van der Waals surface area (Å²) in [5.41, 5.74) is 7.13. The molecule has 0 amide bonds. The molecule has 12 heavy (non-hydrogen) atoms. The standard InChI is InChI=1S/C9H12N2O/c1-2-12-4-3-8-5-9(10)7-11-6-8/h3-7H,2,10H2,1H3/b4-3+. The molecule has 3 heteroatoms. The maximum absolute atomic E-state index is 5.53. The topological polar surface area (TPSA) is 48.1 Å². The van der Waals surface area contributed by atoms with E-state index in [9.17, 15) is 0 Å². The molecule has 0 unspecified atom stereocenters. The molecular weight excluding hydrogens is 152 g/mol. The maximum Gasteiger partial charge on any atom is 0.0845 e. The van der Waals surface area contributed by atoms with Gasteiger partial charge in [-0.3, -0.25) is 4.98 Å². The highest BCUT2D eigenvalue weighted by Crippen LogP contribution is 2.05. The molecule has 0 saturated heterocycles. The van der Waals surface area contributed by atoms with Gasteiger partial charge in [-0.05, 0) is 24.6 Å². The molecule has 64 valence electrons. The number of hydrogen-bond donors (Lipinski definition) is 1. The van der Waals surface area contributed by atoms with Gasteiger partial charge in [0, 0.05) is 12.4 Å². The largest absolute Gasteiger partial charge is 0.501 e. The van der Waals surface area contributed by atoms with Crippen LogP contribution in [0.1, 0.15) is 12.5 Å². The fourth-order valence-corrected chi connectivity index (χ4v) is 0.790. The van der Waals surface area contributed by atoms with Gasteiger partial charge in [-0.25, -0.2) is 0 Å². The van der Waals surface area contributed by atoms with Crippen LogP contribution in [-0.4, -0.2) is 11.6 Å². The quantitative estimate of drug-likeness (QED) is 0.691. The smallest absolute Gasteiger partial charge is 0.0845 e. The first-order valence-electron chi connectivity index (χ1n) is 3.81. The van der Waals surface area contributed by atoms with Crippen molar-refractivity contribution in [2.24, 2.45) is 0 Å². The molecule has 0 spiro atoms. The van der Waals surface area contributed by atoms with Crippen molar-refractivity contribution >= 4 is 11.8 Å². The first-order chi connectivity index (χ1) is 5.83. The number of nitrogens with two attached hydrogens (primary N) is 1. The van der Waals surface area contributed by atoms with Gasteiger partial charge in [0.2, 0.25) is 0 Å². The number of aromatic nitrogens is 1. The molecule has 0 saturated carbocycles. The summed E-state index contributed by atoms with van der Waals surface area (Å²) in [6.45, 7) is 2.61. The second kappa shape index (κ2) is 4.38. The molecule has 0 radical (unpaired) electrons. The lowest BCUT2D eigenvalue weighted by Gasteiger charge is -1.95. The molecule has 1 aromatic rings. The van der Waals surface area contributed by atoms with E-state index in [2.05, 4.69) is 4.98 Å². The number of nitrogens with zero attached hydrogens (tertiary/aromatic N) is 1. The zero-order valence-electron chi connectivity index (χ0n) is 7.03. The first kappa shape index (κ1) is 8.59. The maximum atomic E-state index is 5.53. The Balaban J connectivity index is 2.63. The highest BCUT2D eigenvalue weighted by Gasteiger charge is 1.87. The van der Waals surface area contributed by atoms with Gasteiger partial charge in [0.05, 0.1) is 18.6 Å². The number of hydrogen-bond acceptors (Lipinski definition) is 3. The molecule has 0 atom stereocenters. The molecule has 1 rings (SSSR count). The summed E-state index contributed by atoms with van der Waals surface area (Å²) in [5, 5.41) is 0. The van der Waals surface area contributed by atoms with E-state index >= 15 is 0 Å². The monoisotopic (exact) mass is 164 g/mol. The van der Waals surface area contributed by atoms with E-state index in [1.807, 2.05) is 19.1 Å². The van der Waals surface area contributed by atoms with Crippen molar-refractivity contribution in [3.05, 3.63) is 30.3 Å². The van der Waals surface area contributed by atoms with Crippen LogP contribution in [0.15, 0.2) is 24.7 Å². The van der Waals surface area contributed by atoms with Crippen LogP contribution in [0, 0.1) is 0 Å². The van der Waals surface area contributed by atoms with E-state index in [4.69, 9.17) is 10.5 Å². The number of anilines is 1. The van der Waals surface area contributed by atoms with Crippen LogP contribution in [0.25, 0.3) is 6.08 Å². The molecule has 3 nitrogen and oxygen atoms in total. The normalized spacial score (nSPS) is 10.4. The van der Waals surface area contributed by atoms with Gasteiger partial charge in [-0.2, -0.15) is 0 Å². The molecule has 0 bridgehead atoms. The van der Waals surface area contributed by atoms with E-state index in [0.29, 0.717) is 12.3 Å². The summed E-state index contributed by atoms with van der Waals surface area (Å²) in [4.78, 5) is 3.93. The van der Waals surface area contributed by atoms with Gasteiger partial charge in [0.1, 0.15) is 0 Å². The predicted molar refractivity (Wildman–Crippen MR) is 49.3 cm³/mol. The van der Waals surface area contributed by atoms with Crippen LogP contribution in [0.3, 0.4) is 0 Å². The Bertz CT molecular complexity index is 271. The molecular formula is C9H12N2O. The van der Waals surface area contributed by atoms with E-state index in [1.54, 1.807) is 18.7 Å². The molecule has 0 aliphatic rings. The Kier molecular flexibility index (Phi) is 3.14. The summed E-state index contributed by atoms with van der Waals surface area (Å²) in [6, 6.07) is 1.84. The second-order valence-corrected chi connectivity index (χ2v) is 2.31. The van der Waals surface area contributed by atoms with Gasteiger partial charge in [0.25, 0.3) is 0 Å². The molecule has 0 aromatic carbocycles. The van der Waals surface area contributed by atoms with Gasteiger partial charge >= 0.3 is 0 Å². The van der Waals surface area contributed by atoms with Crippen molar-refractivity contribution in [1.29, 1.82) is 0 Å². The minimum atomic E-state index is 0.661. The van der Waals surface area contributed by atoms with Crippen molar-refractivity contribution in [2.45, 2.75) is 6.92 Å². The summed E-state index contributed by atoms with van der Waals surface area (Å²) >= 11 is 0. The average Bonchev–Trinajstić information content (AvgIpc) is 2.05. The van der Waals surface area contributed by atoms with Gasteiger partial charge in [-0.15, -0.1) is 0 Å². The third-order valence-corrected chi connectivity index (χ3v) is 1.30. The van der Waals surface area contributed by atoms with Crippen molar-refractivity contribution in [3.63, 3.8) is 0 Å². The van der Waals surface area contributed by atoms with Crippen molar-refractivity contribution in [3.8, 4) is 0 Å². The predicted octanol–water partition coefficient (Wildman–Crippen LogP) is 1.67. The van der Waals surface area contributed by atoms with Crippen LogP contribution >= 0.6 is 0 Å². The lowest BCUT2D eigenvalue weighted by molar-refractivity contribution is 0.272. The highest BCUT2D eigenvalue weighted by molar-refractivity contribution is 5.52. The Morgan fingerprint density at radius 3 is 3.08 bits per heavy atom. The highest BCUT2D eigenvalue weighted by atomic mass is 16.5. The van der Waals surface area contributed by atoms with Crippen LogP contribution in [-0.2, 0) is 4.74 Å². The molecule has 2 N–H and O–H groups in total. The van der Waals surface area contributed by atoms with E-state index < -0.39 is 0 Å². The van der Waals surface area contributed by atoms with E-state index in [0.717, 1.165) is 5.56 Å². The van der Waals surface area contributed by atoms with Gasteiger partial charge in [-0.1, -0.05) is 0 Å². The summed E-state index contributed by atoms with van der Waals surface area (Å²) in [5.74, 6) is 0. The minimum Gasteiger partial charge on any atom is -0.501 e. The van der Waals surface area contributed by atoms with Crippen LogP contribution < -0.4 is 5.73 Å². The molecule has 0 fully saturated rings. The molecule has 0 aliphatic heterocycles. The molecule has 1 aromatic heterocycles. The van der Waals surface area contributed by atoms with Gasteiger partial charge < -0.3 is 10.5 Å². The zero-order valence-corrected chi connectivity index (χ0v) is 7.03. The lowest BCUT2D eigenvalue weighted by atomic mass is 10.3. The number of ether oxygens (including phenoxy) is 1. The molecule has 0 aliphatic carbocycles. The van der Waals surface area contributed by atoms with Gasteiger partial charge in [0.15, 0.2) is 0 Å². The lowest BCUT2D eigenvalue weighted by Crippen LogP contribution is -1.86. The van der Waals surface area contributed by atoms with Crippen molar-refractivity contribution in [1.82, 2.24) is 4.98 Å². The number of nitrogen functional groups attached to an aromatic ring is 1. The summed E-state index contributed by atoms with van der Waals surface area (Å²) < 4.78 is 5.03. The Labute approximate surface area is 71.9 Å². The Morgan fingerprint density at radius 2 is 2.42 bits per heavy atom. The SMILES string of the molecule is CCO/C=C/c1cncc(N)c1. The van der Waals surface area contributed by atoms with Crippen molar-refractivity contribution < 1.29 is 4.74 Å². The Hall–Kier alpha value is -1.51.